The summed E-state index contributed by atoms with van der Waals surface area (Å²) >= 11 is 1.44. The Morgan fingerprint density at radius 1 is 1.06 bits per heavy atom. The molecule has 0 heterocycles. The number of carbonyl (C=O) groups is 2. The molecule has 2 aromatic rings. The van der Waals surface area contributed by atoms with Crippen molar-refractivity contribution in [2.45, 2.75) is 63.9 Å². The van der Waals surface area contributed by atoms with E-state index >= 15 is 0 Å². The van der Waals surface area contributed by atoms with Crippen LogP contribution in [0.1, 0.15) is 60.9 Å². The minimum absolute atomic E-state index is 0.0524. The van der Waals surface area contributed by atoms with E-state index in [2.05, 4.69) is 12.1 Å². The molecule has 0 saturated carbocycles. The Bertz CT molecular complexity index is 1110. The molecule has 1 aliphatic rings. The number of rotatable bonds is 8. The van der Waals surface area contributed by atoms with Crippen LogP contribution in [-0.4, -0.2) is 24.8 Å². The first-order chi connectivity index (χ1) is 17.1. The predicted octanol–water partition coefficient (Wildman–Crippen LogP) is 7.79. The summed E-state index contributed by atoms with van der Waals surface area (Å²) in [7, 11) is 1.23. The first-order valence-electron chi connectivity index (χ1n) is 12.0. The summed E-state index contributed by atoms with van der Waals surface area (Å²) in [5, 5.41) is 0. The van der Waals surface area contributed by atoms with Crippen molar-refractivity contribution in [1.82, 2.24) is 0 Å². The van der Waals surface area contributed by atoms with Gasteiger partial charge >= 0.3 is 12.3 Å². The second-order valence-corrected chi connectivity index (χ2v) is 10.0. The molecule has 0 aromatic heterocycles. The first-order valence-corrected chi connectivity index (χ1v) is 13.0. The van der Waals surface area contributed by atoms with Crippen LogP contribution in [0.4, 0.5) is 18.0 Å². The number of Topliss-reactive ketones (excluding diaryl/α,β-unsaturated/α-hetero) is 1. The number of allylic oxidation sites excluding steroid dienone is 2. The summed E-state index contributed by atoms with van der Waals surface area (Å²) in [4.78, 5) is 26.3. The Morgan fingerprint density at radius 2 is 1.67 bits per heavy atom. The molecule has 36 heavy (non-hydrogen) atoms. The monoisotopic (exact) mass is 520 g/mol. The Balaban J connectivity index is 1.83. The molecule has 0 radical (unpaired) electrons. The zero-order valence-electron chi connectivity index (χ0n) is 21.0. The number of benzene rings is 2. The van der Waals surface area contributed by atoms with E-state index in [1.54, 1.807) is 0 Å². The van der Waals surface area contributed by atoms with Crippen molar-refractivity contribution in [2.24, 2.45) is 5.92 Å². The highest BCUT2D eigenvalue weighted by molar-refractivity contribution is 7.99. The molecule has 0 bridgehead atoms. The number of halogens is 3. The van der Waals surface area contributed by atoms with Crippen LogP contribution < -0.4 is 0 Å². The second kappa shape index (κ2) is 12.0. The van der Waals surface area contributed by atoms with Crippen molar-refractivity contribution in [3.8, 4) is 0 Å². The lowest BCUT2D eigenvalue weighted by Gasteiger charge is -2.28. The third kappa shape index (κ3) is 6.72. The maximum Gasteiger partial charge on any atom is 0.513 e. The highest BCUT2D eigenvalue weighted by Crippen LogP contribution is 2.40. The number of carbonyl (C=O) groups excluding carboxylic acids is 2. The van der Waals surface area contributed by atoms with E-state index in [1.807, 2.05) is 20.8 Å². The Hall–Kier alpha value is -2.74. The van der Waals surface area contributed by atoms with E-state index < -0.39 is 17.9 Å². The second-order valence-electron chi connectivity index (χ2n) is 8.88. The standard InChI is InChI=1S/C28H31F3O4S/c1-5-19-13-17(3)14-20(6-2)25(19)26-23(32)15-18(16-24(26)35-27(33)34-4)11-12-36-22-9-7-21(8-10-22)28(29,30)31/h7-10,13-14,18H,5-6,11-12,15-16H2,1-4H3. The predicted molar refractivity (Wildman–Crippen MR) is 135 cm³/mol. The van der Waals surface area contributed by atoms with Crippen LogP contribution in [0.5, 0.6) is 0 Å². The molecule has 0 spiro atoms. The number of aryl methyl sites for hydroxylation is 3. The van der Waals surface area contributed by atoms with Gasteiger partial charge in [-0.2, -0.15) is 13.2 Å². The van der Waals surface area contributed by atoms with E-state index in [0.29, 0.717) is 36.3 Å². The molecule has 8 heteroatoms. The normalized spacial score (nSPS) is 16.3. The van der Waals surface area contributed by atoms with E-state index in [9.17, 15) is 22.8 Å². The molecule has 0 fully saturated rings. The molecule has 4 nitrogen and oxygen atoms in total. The lowest BCUT2D eigenvalue weighted by atomic mass is 9.79. The fraction of sp³-hybridized carbons (Fsp3) is 0.429. The number of methoxy groups -OCH3 is 1. The molecule has 0 amide bonds. The number of ketones is 1. The van der Waals surface area contributed by atoms with E-state index in [4.69, 9.17) is 9.47 Å². The molecular formula is C28H31F3O4S. The van der Waals surface area contributed by atoms with E-state index in [1.165, 1.54) is 31.0 Å². The zero-order chi connectivity index (χ0) is 26.5. The van der Waals surface area contributed by atoms with E-state index in [0.717, 1.165) is 52.1 Å². The van der Waals surface area contributed by atoms with Crippen molar-refractivity contribution >= 4 is 29.3 Å². The summed E-state index contributed by atoms with van der Waals surface area (Å²) in [5.74, 6) is 0.826. The van der Waals surface area contributed by atoms with Gasteiger partial charge in [0.1, 0.15) is 5.76 Å². The summed E-state index contributed by atoms with van der Waals surface area (Å²) < 4.78 is 48.6. The molecular weight excluding hydrogens is 489 g/mol. The maximum absolute atomic E-state index is 13.5. The van der Waals surface area contributed by atoms with Gasteiger partial charge in [-0.25, -0.2) is 4.79 Å². The number of hydrogen-bond donors (Lipinski definition) is 0. The quantitative estimate of drug-likeness (QED) is 0.263. The minimum atomic E-state index is -4.36. The van der Waals surface area contributed by atoms with Crippen molar-refractivity contribution in [3.05, 3.63) is 70.0 Å². The molecule has 1 aliphatic carbocycles. The van der Waals surface area contributed by atoms with Crippen LogP contribution >= 0.6 is 11.8 Å². The van der Waals surface area contributed by atoms with Gasteiger partial charge in [-0.05, 0) is 78.8 Å². The van der Waals surface area contributed by atoms with Gasteiger partial charge < -0.3 is 9.47 Å². The van der Waals surface area contributed by atoms with Crippen molar-refractivity contribution < 1.29 is 32.2 Å². The van der Waals surface area contributed by atoms with Crippen LogP contribution in [0.15, 0.2) is 47.1 Å². The average molecular weight is 521 g/mol. The lowest BCUT2D eigenvalue weighted by molar-refractivity contribution is -0.137. The van der Waals surface area contributed by atoms with Crippen molar-refractivity contribution in [1.29, 1.82) is 0 Å². The Morgan fingerprint density at radius 3 is 2.19 bits per heavy atom. The molecule has 1 atom stereocenters. The number of hydrogen-bond acceptors (Lipinski definition) is 5. The molecule has 0 saturated heterocycles. The van der Waals surface area contributed by atoms with Gasteiger partial charge in [-0.3, -0.25) is 4.79 Å². The Kier molecular flexibility index (Phi) is 9.28. The van der Waals surface area contributed by atoms with Crippen LogP contribution in [0.2, 0.25) is 0 Å². The topological polar surface area (TPSA) is 52.6 Å². The van der Waals surface area contributed by atoms with Gasteiger partial charge in [0.2, 0.25) is 0 Å². The molecule has 1 unspecified atom stereocenters. The first kappa shape index (κ1) is 27.8. The summed E-state index contributed by atoms with van der Waals surface area (Å²) in [6.07, 6.45) is -2.38. The number of thioether (sulfide) groups is 1. The lowest BCUT2D eigenvalue weighted by Crippen LogP contribution is -2.23. The third-order valence-electron chi connectivity index (χ3n) is 6.31. The maximum atomic E-state index is 13.5. The van der Waals surface area contributed by atoms with Crippen LogP contribution in [0.25, 0.3) is 5.57 Å². The zero-order valence-corrected chi connectivity index (χ0v) is 21.8. The highest BCUT2D eigenvalue weighted by Gasteiger charge is 2.33. The van der Waals surface area contributed by atoms with Crippen molar-refractivity contribution in [2.75, 3.05) is 12.9 Å². The molecule has 194 valence electrons. The third-order valence-corrected chi connectivity index (χ3v) is 7.36. The van der Waals surface area contributed by atoms with Crippen LogP contribution in [0.3, 0.4) is 0 Å². The van der Waals surface area contributed by atoms with Gasteiger partial charge in [0.15, 0.2) is 5.78 Å². The molecule has 3 rings (SSSR count). The molecule has 0 aliphatic heterocycles. The van der Waals surface area contributed by atoms with E-state index in [-0.39, 0.29) is 11.7 Å². The van der Waals surface area contributed by atoms with Gasteiger partial charge in [0.25, 0.3) is 0 Å². The van der Waals surface area contributed by atoms with Crippen LogP contribution in [0, 0.1) is 12.8 Å². The SMILES string of the molecule is CCc1cc(C)cc(CC)c1C1=C(OC(=O)OC)CC(CCSc2ccc(C(F)(F)F)cc2)CC1=O. The largest absolute Gasteiger partial charge is 0.513 e. The minimum Gasteiger partial charge on any atom is -0.437 e. The van der Waals surface area contributed by atoms with Gasteiger partial charge in [-0.15, -0.1) is 11.8 Å². The van der Waals surface area contributed by atoms with Crippen LogP contribution in [-0.2, 0) is 33.3 Å². The number of alkyl halides is 3. The summed E-state index contributed by atoms with van der Waals surface area (Å²) in [6.45, 7) is 6.09. The van der Waals surface area contributed by atoms with Gasteiger partial charge in [0.05, 0.1) is 18.2 Å². The molecule has 0 N–H and O–H groups in total. The number of ether oxygens (including phenoxy) is 2. The smallest absolute Gasteiger partial charge is 0.437 e. The van der Waals surface area contributed by atoms with Gasteiger partial charge in [-0.1, -0.05) is 31.5 Å². The summed E-state index contributed by atoms with van der Waals surface area (Å²) in [6, 6.07) is 9.19. The highest BCUT2D eigenvalue weighted by atomic mass is 32.2. The van der Waals surface area contributed by atoms with Crippen molar-refractivity contribution in [3.63, 3.8) is 0 Å². The fourth-order valence-electron chi connectivity index (χ4n) is 4.58. The van der Waals surface area contributed by atoms with Gasteiger partial charge in [0, 0.05) is 17.7 Å². The Labute approximate surface area is 214 Å². The fourth-order valence-corrected chi connectivity index (χ4v) is 5.59. The molecule has 2 aromatic carbocycles. The average Bonchev–Trinajstić information content (AvgIpc) is 2.83. The summed E-state index contributed by atoms with van der Waals surface area (Å²) in [5.41, 5.74) is 3.83.